The summed E-state index contributed by atoms with van der Waals surface area (Å²) in [6.07, 6.45) is 3.25. The minimum Gasteiger partial charge on any atom is -0.461 e. The first-order chi connectivity index (χ1) is 7.83. The van der Waals surface area contributed by atoms with Gasteiger partial charge in [0.1, 0.15) is 5.69 Å². The van der Waals surface area contributed by atoms with Gasteiger partial charge in [-0.05, 0) is 19.1 Å². The minimum absolute atomic E-state index is 0.188. The normalized spacial score (nSPS) is 10.1. The Kier molecular flexibility index (Phi) is 2.90. The molecule has 0 saturated carbocycles. The Bertz CT molecular complexity index is 481. The van der Waals surface area contributed by atoms with Gasteiger partial charge < -0.3 is 4.74 Å². The third-order valence-electron chi connectivity index (χ3n) is 1.97. The summed E-state index contributed by atoms with van der Waals surface area (Å²) in [5.74, 6) is -0.483. The average molecular weight is 218 g/mol. The van der Waals surface area contributed by atoms with Crippen molar-refractivity contribution in [3.63, 3.8) is 0 Å². The van der Waals surface area contributed by atoms with E-state index in [1.807, 2.05) is 0 Å². The number of H-pyrrole nitrogens is 1. The Balaban J connectivity index is 2.37. The molecule has 2 heterocycles. The van der Waals surface area contributed by atoms with Crippen LogP contribution in [0, 0.1) is 0 Å². The van der Waals surface area contributed by atoms with Crippen LogP contribution in [0.5, 0.6) is 0 Å². The Labute approximate surface area is 91.7 Å². The number of aromatic nitrogens is 4. The van der Waals surface area contributed by atoms with E-state index in [-0.39, 0.29) is 5.69 Å². The van der Waals surface area contributed by atoms with E-state index in [0.29, 0.717) is 12.3 Å². The number of pyridine rings is 1. The van der Waals surface area contributed by atoms with Crippen LogP contribution < -0.4 is 0 Å². The third-order valence-corrected chi connectivity index (χ3v) is 1.97. The van der Waals surface area contributed by atoms with E-state index < -0.39 is 5.97 Å². The molecule has 0 bridgehead atoms. The van der Waals surface area contributed by atoms with Crippen molar-refractivity contribution in [3.8, 4) is 11.3 Å². The van der Waals surface area contributed by atoms with Crippen molar-refractivity contribution in [2.24, 2.45) is 0 Å². The van der Waals surface area contributed by atoms with E-state index in [1.165, 1.54) is 0 Å². The number of nitrogens with one attached hydrogen (secondary N) is 1. The molecule has 0 aromatic carbocycles. The highest BCUT2D eigenvalue weighted by atomic mass is 16.5. The number of ether oxygens (including phenoxy) is 1. The molecular formula is C10H10N4O2. The molecule has 0 atom stereocenters. The van der Waals surface area contributed by atoms with E-state index in [0.717, 1.165) is 5.56 Å². The van der Waals surface area contributed by atoms with Gasteiger partial charge in [0.05, 0.1) is 6.61 Å². The predicted octanol–water partition coefficient (Wildman–Crippen LogP) is 1.04. The average Bonchev–Trinajstić information content (AvgIpc) is 2.79. The summed E-state index contributed by atoms with van der Waals surface area (Å²) < 4.78 is 4.87. The first-order valence-electron chi connectivity index (χ1n) is 4.81. The molecule has 0 aliphatic carbocycles. The first-order valence-corrected chi connectivity index (χ1v) is 4.81. The zero-order valence-electron chi connectivity index (χ0n) is 8.67. The van der Waals surface area contributed by atoms with Gasteiger partial charge in [0, 0.05) is 18.0 Å². The predicted molar refractivity (Wildman–Crippen MR) is 55.6 cm³/mol. The lowest BCUT2D eigenvalue weighted by Gasteiger charge is -2.00. The molecule has 6 heteroatoms. The van der Waals surface area contributed by atoms with E-state index >= 15 is 0 Å². The van der Waals surface area contributed by atoms with E-state index in [4.69, 9.17) is 4.74 Å². The minimum atomic E-state index is -0.483. The van der Waals surface area contributed by atoms with Gasteiger partial charge in [-0.1, -0.05) is 0 Å². The second-order valence-electron chi connectivity index (χ2n) is 2.98. The molecule has 0 aliphatic rings. The van der Waals surface area contributed by atoms with Crippen molar-refractivity contribution < 1.29 is 9.53 Å². The van der Waals surface area contributed by atoms with E-state index in [2.05, 4.69) is 20.4 Å². The number of aromatic amines is 1. The largest absolute Gasteiger partial charge is 0.461 e. The van der Waals surface area contributed by atoms with Crippen LogP contribution >= 0.6 is 0 Å². The number of rotatable bonds is 3. The second-order valence-corrected chi connectivity index (χ2v) is 2.98. The molecule has 0 spiro atoms. The number of nitrogens with zero attached hydrogens (tertiary/aromatic N) is 3. The quantitative estimate of drug-likeness (QED) is 0.778. The fraction of sp³-hybridized carbons (Fsp3) is 0.200. The number of carbonyl (C=O) groups is 1. The van der Waals surface area contributed by atoms with Crippen LogP contribution in [0.1, 0.15) is 17.4 Å². The highest BCUT2D eigenvalue weighted by molar-refractivity contribution is 5.93. The van der Waals surface area contributed by atoms with Crippen LogP contribution in [0.25, 0.3) is 11.3 Å². The van der Waals surface area contributed by atoms with Crippen LogP contribution in [0.15, 0.2) is 24.5 Å². The molecule has 2 rings (SSSR count). The smallest absolute Gasteiger partial charge is 0.361 e. The summed E-state index contributed by atoms with van der Waals surface area (Å²) in [6, 6.07) is 3.50. The zero-order valence-corrected chi connectivity index (χ0v) is 8.67. The highest BCUT2D eigenvalue weighted by Crippen LogP contribution is 2.18. The van der Waals surface area contributed by atoms with Crippen LogP contribution in [0.2, 0.25) is 0 Å². The monoisotopic (exact) mass is 218 g/mol. The van der Waals surface area contributed by atoms with Crippen LogP contribution in [-0.2, 0) is 4.74 Å². The molecule has 2 aromatic heterocycles. The molecule has 0 unspecified atom stereocenters. The number of carbonyl (C=O) groups excluding carboxylic acids is 1. The summed E-state index contributed by atoms with van der Waals surface area (Å²) in [4.78, 5) is 15.4. The topological polar surface area (TPSA) is 80.8 Å². The van der Waals surface area contributed by atoms with Gasteiger partial charge >= 0.3 is 5.97 Å². The second kappa shape index (κ2) is 4.52. The summed E-state index contributed by atoms with van der Waals surface area (Å²) in [6.45, 7) is 2.05. The van der Waals surface area contributed by atoms with Crippen molar-refractivity contribution in [3.05, 3.63) is 30.2 Å². The van der Waals surface area contributed by atoms with Crippen molar-refractivity contribution in [1.29, 1.82) is 0 Å². The Morgan fingerprint density at radius 3 is 2.81 bits per heavy atom. The SMILES string of the molecule is CCOC(=O)c1n[nH]nc1-c1ccncc1. The summed E-state index contributed by atoms with van der Waals surface area (Å²) in [5, 5.41) is 10.1. The van der Waals surface area contributed by atoms with Gasteiger partial charge in [0.25, 0.3) is 0 Å². The lowest BCUT2D eigenvalue weighted by Crippen LogP contribution is -2.06. The lowest BCUT2D eigenvalue weighted by molar-refractivity contribution is 0.0520. The maximum atomic E-state index is 11.5. The maximum Gasteiger partial charge on any atom is 0.361 e. The third kappa shape index (κ3) is 1.90. The molecule has 0 radical (unpaired) electrons. The van der Waals surface area contributed by atoms with Gasteiger partial charge in [-0.3, -0.25) is 4.98 Å². The van der Waals surface area contributed by atoms with Gasteiger partial charge in [0.15, 0.2) is 5.69 Å². The molecule has 2 aromatic rings. The Hall–Kier alpha value is -2.24. The summed E-state index contributed by atoms with van der Waals surface area (Å²) in [7, 11) is 0. The molecular weight excluding hydrogens is 208 g/mol. The Morgan fingerprint density at radius 1 is 1.38 bits per heavy atom. The molecule has 6 nitrogen and oxygen atoms in total. The summed E-state index contributed by atoms with van der Waals surface area (Å²) in [5.41, 5.74) is 1.43. The Morgan fingerprint density at radius 2 is 2.12 bits per heavy atom. The van der Waals surface area contributed by atoms with Crippen molar-refractivity contribution in [2.45, 2.75) is 6.92 Å². The molecule has 0 fully saturated rings. The van der Waals surface area contributed by atoms with Crippen molar-refractivity contribution >= 4 is 5.97 Å². The number of hydrogen-bond donors (Lipinski definition) is 1. The van der Waals surface area contributed by atoms with Gasteiger partial charge in [-0.2, -0.15) is 10.3 Å². The van der Waals surface area contributed by atoms with Crippen molar-refractivity contribution in [2.75, 3.05) is 6.61 Å². The van der Waals surface area contributed by atoms with E-state index in [9.17, 15) is 4.79 Å². The van der Waals surface area contributed by atoms with Gasteiger partial charge in [-0.25, -0.2) is 4.79 Å². The van der Waals surface area contributed by atoms with Gasteiger partial charge in [0.2, 0.25) is 0 Å². The van der Waals surface area contributed by atoms with Crippen molar-refractivity contribution in [1.82, 2.24) is 20.4 Å². The van der Waals surface area contributed by atoms with Crippen LogP contribution in [0.3, 0.4) is 0 Å². The standard InChI is InChI=1S/C10H10N4O2/c1-2-16-10(15)9-8(12-14-13-9)7-3-5-11-6-4-7/h3-6H,2H2,1H3,(H,12,13,14). The molecule has 1 N–H and O–H groups in total. The zero-order chi connectivity index (χ0) is 11.4. The lowest BCUT2D eigenvalue weighted by atomic mass is 10.1. The summed E-state index contributed by atoms with van der Waals surface area (Å²) >= 11 is 0. The fourth-order valence-corrected chi connectivity index (χ4v) is 1.28. The fourth-order valence-electron chi connectivity index (χ4n) is 1.28. The first kappa shape index (κ1) is 10.3. The maximum absolute atomic E-state index is 11.5. The van der Waals surface area contributed by atoms with Crippen LogP contribution in [0.4, 0.5) is 0 Å². The molecule has 0 aliphatic heterocycles. The molecule has 0 amide bonds. The number of esters is 1. The molecule has 0 saturated heterocycles. The number of hydrogen-bond acceptors (Lipinski definition) is 5. The molecule has 82 valence electrons. The van der Waals surface area contributed by atoms with Crippen LogP contribution in [-0.4, -0.2) is 33.0 Å². The molecule has 16 heavy (non-hydrogen) atoms. The van der Waals surface area contributed by atoms with Gasteiger partial charge in [-0.15, -0.1) is 5.10 Å². The highest BCUT2D eigenvalue weighted by Gasteiger charge is 2.18. The van der Waals surface area contributed by atoms with E-state index in [1.54, 1.807) is 31.5 Å².